The Kier molecular flexibility index (Phi) is 3.44. The molecule has 0 bridgehead atoms. The predicted molar refractivity (Wildman–Crippen MR) is 79.6 cm³/mol. The summed E-state index contributed by atoms with van der Waals surface area (Å²) in [6.07, 6.45) is 0.576. The standard InChI is InChI=1S/C16H19NOS/c1-10-9-14(11(2)19-10)16(18)15-13-6-4-3-5-12(13)7-8-17-15/h3-6,9,15-18H,7-8H2,1-2H3. The minimum atomic E-state index is -0.466. The Labute approximate surface area is 118 Å². The first-order valence-electron chi connectivity index (χ1n) is 6.73. The van der Waals surface area contributed by atoms with Crippen LogP contribution in [0.25, 0.3) is 0 Å². The molecule has 0 saturated heterocycles. The molecule has 1 aliphatic rings. The van der Waals surface area contributed by atoms with E-state index in [0.29, 0.717) is 0 Å². The lowest BCUT2D eigenvalue weighted by molar-refractivity contribution is 0.125. The van der Waals surface area contributed by atoms with Crippen LogP contribution in [-0.4, -0.2) is 11.7 Å². The molecular weight excluding hydrogens is 254 g/mol. The van der Waals surface area contributed by atoms with Gasteiger partial charge in [-0.3, -0.25) is 0 Å². The van der Waals surface area contributed by atoms with Crippen molar-refractivity contribution in [2.24, 2.45) is 0 Å². The molecule has 2 atom stereocenters. The fourth-order valence-electron chi connectivity index (χ4n) is 2.94. The van der Waals surface area contributed by atoms with Crippen LogP contribution in [0, 0.1) is 13.8 Å². The maximum absolute atomic E-state index is 10.7. The number of aliphatic hydroxyl groups excluding tert-OH is 1. The number of benzene rings is 1. The van der Waals surface area contributed by atoms with Crippen LogP contribution in [0.5, 0.6) is 0 Å². The van der Waals surface area contributed by atoms with E-state index in [9.17, 15) is 5.11 Å². The quantitative estimate of drug-likeness (QED) is 0.880. The first-order chi connectivity index (χ1) is 9.16. The van der Waals surface area contributed by atoms with Crippen LogP contribution >= 0.6 is 11.3 Å². The largest absolute Gasteiger partial charge is 0.386 e. The highest BCUT2D eigenvalue weighted by molar-refractivity contribution is 7.12. The summed E-state index contributed by atoms with van der Waals surface area (Å²) in [5.41, 5.74) is 3.66. The molecule has 1 aromatic heterocycles. The smallest absolute Gasteiger partial charge is 0.0995 e. The molecule has 2 nitrogen and oxygen atoms in total. The molecule has 0 radical (unpaired) electrons. The van der Waals surface area contributed by atoms with Crippen LogP contribution in [0.3, 0.4) is 0 Å². The van der Waals surface area contributed by atoms with E-state index in [1.165, 1.54) is 20.9 Å². The summed E-state index contributed by atoms with van der Waals surface area (Å²) < 4.78 is 0. The van der Waals surface area contributed by atoms with Gasteiger partial charge in [-0.1, -0.05) is 24.3 Å². The van der Waals surface area contributed by atoms with Crippen LogP contribution in [0.2, 0.25) is 0 Å². The highest BCUT2D eigenvalue weighted by atomic mass is 32.1. The van der Waals surface area contributed by atoms with Gasteiger partial charge in [-0.2, -0.15) is 0 Å². The van der Waals surface area contributed by atoms with Gasteiger partial charge < -0.3 is 10.4 Å². The highest BCUT2D eigenvalue weighted by Crippen LogP contribution is 2.36. The van der Waals surface area contributed by atoms with E-state index in [1.54, 1.807) is 11.3 Å². The maximum Gasteiger partial charge on any atom is 0.0995 e. The van der Waals surface area contributed by atoms with E-state index < -0.39 is 6.10 Å². The molecule has 2 unspecified atom stereocenters. The average molecular weight is 273 g/mol. The SMILES string of the molecule is Cc1cc(C(O)C2NCCc3ccccc32)c(C)s1. The van der Waals surface area contributed by atoms with Crippen molar-refractivity contribution >= 4 is 11.3 Å². The van der Waals surface area contributed by atoms with Gasteiger partial charge in [0.25, 0.3) is 0 Å². The van der Waals surface area contributed by atoms with E-state index in [-0.39, 0.29) is 6.04 Å². The second kappa shape index (κ2) is 5.08. The Morgan fingerprint density at radius 1 is 1.32 bits per heavy atom. The highest BCUT2D eigenvalue weighted by Gasteiger charge is 2.28. The predicted octanol–water partition coefficient (Wildman–Crippen LogP) is 3.29. The van der Waals surface area contributed by atoms with Crippen molar-refractivity contribution < 1.29 is 5.11 Å². The zero-order valence-corrected chi connectivity index (χ0v) is 12.1. The van der Waals surface area contributed by atoms with Crippen molar-refractivity contribution in [3.8, 4) is 0 Å². The summed E-state index contributed by atoms with van der Waals surface area (Å²) >= 11 is 1.76. The average Bonchev–Trinajstić information content (AvgIpc) is 2.76. The van der Waals surface area contributed by atoms with Gasteiger partial charge in [0.2, 0.25) is 0 Å². The van der Waals surface area contributed by atoms with Gasteiger partial charge in [-0.05, 0) is 49.6 Å². The molecule has 2 heterocycles. The van der Waals surface area contributed by atoms with E-state index in [1.807, 2.05) is 0 Å². The normalized spacial score (nSPS) is 20.1. The topological polar surface area (TPSA) is 32.3 Å². The molecule has 0 fully saturated rings. The fourth-order valence-corrected chi connectivity index (χ4v) is 3.91. The molecule has 3 heteroatoms. The van der Waals surface area contributed by atoms with Gasteiger partial charge >= 0.3 is 0 Å². The van der Waals surface area contributed by atoms with E-state index in [4.69, 9.17) is 0 Å². The third-order valence-electron chi connectivity index (χ3n) is 3.86. The van der Waals surface area contributed by atoms with E-state index in [2.05, 4.69) is 49.5 Å². The first kappa shape index (κ1) is 12.9. The number of hydrogen-bond donors (Lipinski definition) is 2. The zero-order chi connectivity index (χ0) is 13.4. The van der Waals surface area contributed by atoms with E-state index in [0.717, 1.165) is 18.5 Å². The minimum Gasteiger partial charge on any atom is -0.386 e. The molecule has 19 heavy (non-hydrogen) atoms. The van der Waals surface area contributed by atoms with Gasteiger partial charge in [-0.15, -0.1) is 11.3 Å². The Morgan fingerprint density at radius 3 is 2.84 bits per heavy atom. The van der Waals surface area contributed by atoms with Crippen LogP contribution < -0.4 is 5.32 Å². The van der Waals surface area contributed by atoms with Crippen molar-refractivity contribution in [3.63, 3.8) is 0 Å². The number of hydrogen-bond acceptors (Lipinski definition) is 3. The lowest BCUT2D eigenvalue weighted by Crippen LogP contribution is -2.33. The third kappa shape index (κ3) is 2.34. The second-order valence-corrected chi connectivity index (χ2v) is 6.65. The summed E-state index contributed by atoms with van der Waals surface area (Å²) in [6.45, 7) is 5.11. The van der Waals surface area contributed by atoms with Crippen molar-refractivity contribution in [1.82, 2.24) is 5.32 Å². The number of fused-ring (bicyclic) bond motifs is 1. The number of rotatable bonds is 2. The molecule has 1 aromatic carbocycles. The number of thiophene rings is 1. The van der Waals surface area contributed by atoms with Gasteiger partial charge in [0, 0.05) is 9.75 Å². The van der Waals surface area contributed by atoms with Crippen LogP contribution in [0.4, 0.5) is 0 Å². The van der Waals surface area contributed by atoms with Gasteiger partial charge in [0.1, 0.15) is 0 Å². The van der Waals surface area contributed by atoms with E-state index >= 15 is 0 Å². The summed E-state index contributed by atoms with van der Waals surface area (Å²) in [4.78, 5) is 2.48. The summed E-state index contributed by atoms with van der Waals surface area (Å²) in [6, 6.07) is 10.6. The van der Waals surface area contributed by atoms with Crippen LogP contribution in [0.15, 0.2) is 30.3 Å². The van der Waals surface area contributed by atoms with Gasteiger partial charge in [0.05, 0.1) is 12.1 Å². The molecule has 1 aliphatic heterocycles. The molecule has 0 aliphatic carbocycles. The molecule has 0 spiro atoms. The van der Waals surface area contributed by atoms with Gasteiger partial charge in [-0.25, -0.2) is 0 Å². The molecule has 0 amide bonds. The molecule has 3 rings (SSSR count). The Bertz CT molecular complexity index is 590. The van der Waals surface area contributed by atoms with Crippen molar-refractivity contribution in [2.45, 2.75) is 32.4 Å². The summed E-state index contributed by atoms with van der Waals surface area (Å²) in [7, 11) is 0. The van der Waals surface area contributed by atoms with Gasteiger partial charge in [0.15, 0.2) is 0 Å². The van der Waals surface area contributed by atoms with Crippen molar-refractivity contribution in [3.05, 3.63) is 56.8 Å². The number of aliphatic hydroxyl groups is 1. The molecule has 100 valence electrons. The third-order valence-corrected chi connectivity index (χ3v) is 4.84. The lowest BCUT2D eigenvalue weighted by atomic mass is 9.88. The Balaban J connectivity index is 1.97. The molecule has 0 saturated carbocycles. The Hall–Kier alpha value is -1.16. The molecule has 2 aromatic rings. The summed E-state index contributed by atoms with van der Waals surface area (Å²) in [5.74, 6) is 0. The zero-order valence-electron chi connectivity index (χ0n) is 11.3. The van der Waals surface area contributed by atoms with Crippen LogP contribution in [0.1, 0.15) is 38.6 Å². The lowest BCUT2D eigenvalue weighted by Gasteiger charge is -2.30. The number of aryl methyl sites for hydroxylation is 2. The molecule has 2 N–H and O–H groups in total. The fraction of sp³-hybridized carbons (Fsp3) is 0.375. The van der Waals surface area contributed by atoms with Crippen molar-refractivity contribution in [1.29, 1.82) is 0 Å². The molecular formula is C16H19NOS. The van der Waals surface area contributed by atoms with Crippen LogP contribution in [-0.2, 0) is 6.42 Å². The monoisotopic (exact) mass is 273 g/mol. The maximum atomic E-state index is 10.7. The Morgan fingerprint density at radius 2 is 2.11 bits per heavy atom. The minimum absolute atomic E-state index is 0.0117. The summed E-state index contributed by atoms with van der Waals surface area (Å²) in [5, 5.41) is 14.2. The van der Waals surface area contributed by atoms with Crippen molar-refractivity contribution in [2.75, 3.05) is 6.54 Å². The number of nitrogens with one attached hydrogen (secondary N) is 1. The first-order valence-corrected chi connectivity index (χ1v) is 7.54. The second-order valence-electron chi connectivity index (χ2n) is 5.19.